The number of hydrogen-bond donors (Lipinski definition) is 0. The highest BCUT2D eigenvalue weighted by Gasteiger charge is 2.35. The Morgan fingerprint density at radius 1 is 1.15 bits per heavy atom. The van der Waals surface area contributed by atoms with Crippen molar-refractivity contribution in [3.8, 4) is 0 Å². The van der Waals surface area contributed by atoms with Crippen LogP contribution in [-0.2, 0) is 11.3 Å². The number of fused-ring (bicyclic) bond motifs is 2. The lowest BCUT2D eigenvalue weighted by molar-refractivity contribution is 0.0280. The van der Waals surface area contributed by atoms with E-state index in [0.717, 1.165) is 31.7 Å². The third-order valence-corrected chi connectivity index (χ3v) is 4.23. The van der Waals surface area contributed by atoms with Crippen LogP contribution in [0.5, 0.6) is 0 Å². The van der Waals surface area contributed by atoms with Gasteiger partial charge in [-0.05, 0) is 30.9 Å². The Balaban J connectivity index is 1.53. The maximum Gasteiger partial charge on any atom is 0.410 e. The van der Waals surface area contributed by atoms with Crippen molar-refractivity contribution in [2.24, 2.45) is 11.8 Å². The van der Waals surface area contributed by atoms with Gasteiger partial charge in [0.25, 0.3) is 0 Å². The molecule has 0 N–H and O–H groups in total. The number of ether oxygens (including phenoxy) is 1. The first-order chi connectivity index (χ1) is 9.70. The van der Waals surface area contributed by atoms with Crippen molar-refractivity contribution in [3.05, 3.63) is 35.9 Å². The van der Waals surface area contributed by atoms with Crippen LogP contribution in [0.25, 0.3) is 0 Å². The Bertz CT molecular complexity index is 445. The number of nitrogens with zero attached hydrogens (tertiary/aromatic N) is 2. The first-order valence-electron chi connectivity index (χ1n) is 7.35. The third-order valence-electron chi connectivity index (χ3n) is 4.23. The predicted octanol–water partition coefficient (Wildman–Crippen LogP) is 2.21. The summed E-state index contributed by atoms with van der Waals surface area (Å²) in [5, 5.41) is 0. The maximum absolute atomic E-state index is 12.2. The molecule has 0 aromatic heterocycles. The number of piperidine rings is 2. The fourth-order valence-electron chi connectivity index (χ4n) is 3.50. The minimum atomic E-state index is -0.159. The predicted molar refractivity (Wildman–Crippen MR) is 77.3 cm³/mol. The molecular formula is C16H22N2O2. The van der Waals surface area contributed by atoms with Crippen molar-refractivity contribution in [1.29, 1.82) is 0 Å². The molecule has 0 aliphatic carbocycles. The van der Waals surface area contributed by atoms with Gasteiger partial charge in [0.2, 0.25) is 0 Å². The standard InChI is InChI=1S/C16H22N2O2/c1-17-8-14-7-15(9-17)11-18(10-14)16(19)20-12-13-5-3-2-4-6-13/h2-6,14-15H,7-12H2,1H3. The summed E-state index contributed by atoms with van der Waals surface area (Å²) in [6.45, 7) is 4.24. The average molecular weight is 274 g/mol. The number of hydrogen-bond acceptors (Lipinski definition) is 3. The van der Waals surface area contributed by atoms with E-state index in [2.05, 4.69) is 11.9 Å². The van der Waals surface area contributed by atoms with Crippen LogP contribution < -0.4 is 0 Å². The van der Waals surface area contributed by atoms with Gasteiger partial charge in [0.05, 0.1) is 0 Å². The zero-order valence-electron chi connectivity index (χ0n) is 12.0. The summed E-state index contributed by atoms with van der Waals surface area (Å²) < 4.78 is 5.43. The van der Waals surface area contributed by atoms with Crippen LogP contribution in [0.1, 0.15) is 12.0 Å². The van der Waals surface area contributed by atoms with Crippen LogP contribution in [0.4, 0.5) is 4.79 Å². The Kier molecular flexibility index (Phi) is 3.92. The van der Waals surface area contributed by atoms with E-state index in [0.29, 0.717) is 18.4 Å². The smallest absolute Gasteiger partial charge is 0.410 e. The van der Waals surface area contributed by atoms with Crippen LogP contribution >= 0.6 is 0 Å². The van der Waals surface area contributed by atoms with Crippen molar-refractivity contribution in [2.45, 2.75) is 13.0 Å². The molecule has 0 spiro atoms. The molecule has 3 rings (SSSR count). The second-order valence-electron chi connectivity index (χ2n) is 6.13. The van der Waals surface area contributed by atoms with Gasteiger partial charge in [0.1, 0.15) is 6.61 Å². The van der Waals surface area contributed by atoms with Gasteiger partial charge in [-0.25, -0.2) is 4.79 Å². The number of likely N-dealkylation sites (tertiary alicyclic amines) is 2. The minimum Gasteiger partial charge on any atom is -0.445 e. The summed E-state index contributed by atoms with van der Waals surface area (Å²) in [6.07, 6.45) is 1.10. The van der Waals surface area contributed by atoms with E-state index in [4.69, 9.17) is 4.74 Å². The van der Waals surface area contributed by atoms with Gasteiger partial charge in [-0.1, -0.05) is 30.3 Å². The second-order valence-corrected chi connectivity index (χ2v) is 6.13. The van der Waals surface area contributed by atoms with E-state index in [9.17, 15) is 4.79 Å². The van der Waals surface area contributed by atoms with Crippen molar-refractivity contribution in [1.82, 2.24) is 9.80 Å². The molecular weight excluding hydrogens is 252 g/mol. The monoisotopic (exact) mass is 274 g/mol. The Morgan fingerprint density at radius 3 is 2.45 bits per heavy atom. The van der Waals surface area contributed by atoms with Crippen LogP contribution in [0.2, 0.25) is 0 Å². The molecule has 1 aromatic carbocycles. The summed E-state index contributed by atoms with van der Waals surface area (Å²) >= 11 is 0. The van der Waals surface area contributed by atoms with Gasteiger partial charge in [0.15, 0.2) is 0 Å². The molecule has 0 radical (unpaired) electrons. The summed E-state index contributed by atoms with van der Waals surface area (Å²) in [5.74, 6) is 1.22. The van der Waals surface area contributed by atoms with E-state index in [1.807, 2.05) is 35.2 Å². The molecule has 2 aliphatic heterocycles. The highest BCUT2D eigenvalue weighted by atomic mass is 16.6. The largest absolute Gasteiger partial charge is 0.445 e. The summed E-state index contributed by atoms with van der Waals surface area (Å²) in [7, 11) is 2.17. The fraction of sp³-hybridized carbons (Fsp3) is 0.562. The van der Waals surface area contributed by atoms with Gasteiger partial charge in [-0.3, -0.25) is 0 Å². The zero-order valence-corrected chi connectivity index (χ0v) is 12.0. The molecule has 2 saturated heterocycles. The molecule has 4 heteroatoms. The van der Waals surface area contributed by atoms with Gasteiger partial charge >= 0.3 is 6.09 Å². The molecule has 0 saturated carbocycles. The highest BCUT2D eigenvalue weighted by molar-refractivity contribution is 5.67. The zero-order chi connectivity index (χ0) is 13.9. The van der Waals surface area contributed by atoms with Gasteiger partial charge < -0.3 is 14.5 Å². The fourth-order valence-corrected chi connectivity index (χ4v) is 3.50. The Labute approximate surface area is 120 Å². The maximum atomic E-state index is 12.2. The van der Waals surface area contributed by atoms with E-state index in [1.54, 1.807) is 0 Å². The lowest BCUT2D eigenvalue weighted by Crippen LogP contribution is -2.53. The summed E-state index contributed by atoms with van der Waals surface area (Å²) in [5.41, 5.74) is 1.04. The normalized spacial score (nSPS) is 26.4. The molecule has 2 aliphatic rings. The molecule has 2 atom stereocenters. The molecule has 1 aromatic rings. The van der Waals surface area contributed by atoms with E-state index in [-0.39, 0.29) is 6.09 Å². The molecule has 108 valence electrons. The molecule has 1 amide bonds. The van der Waals surface area contributed by atoms with Crippen LogP contribution in [0.3, 0.4) is 0 Å². The minimum absolute atomic E-state index is 0.159. The number of carbonyl (C=O) groups is 1. The van der Waals surface area contributed by atoms with Crippen LogP contribution in [-0.4, -0.2) is 49.1 Å². The number of carbonyl (C=O) groups excluding carboxylic acids is 1. The van der Waals surface area contributed by atoms with Crippen molar-refractivity contribution in [2.75, 3.05) is 33.2 Å². The second kappa shape index (κ2) is 5.83. The van der Waals surface area contributed by atoms with Crippen molar-refractivity contribution < 1.29 is 9.53 Å². The van der Waals surface area contributed by atoms with Gasteiger partial charge in [-0.15, -0.1) is 0 Å². The molecule has 2 unspecified atom stereocenters. The molecule has 2 bridgehead atoms. The van der Waals surface area contributed by atoms with Gasteiger partial charge in [-0.2, -0.15) is 0 Å². The SMILES string of the molecule is CN1CC2CC(C1)CN(C(=O)OCc1ccccc1)C2. The number of rotatable bonds is 2. The topological polar surface area (TPSA) is 32.8 Å². The van der Waals surface area contributed by atoms with Crippen molar-refractivity contribution >= 4 is 6.09 Å². The number of benzene rings is 1. The van der Waals surface area contributed by atoms with Gasteiger partial charge in [0, 0.05) is 26.2 Å². The molecule has 4 nitrogen and oxygen atoms in total. The van der Waals surface area contributed by atoms with Crippen LogP contribution in [0, 0.1) is 11.8 Å². The summed E-state index contributed by atoms with van der Waals surface area (Å²) in [6, 6.07) is 9.85. The highest BCUT2D eigenvalue weighted by Crippen LogP contribution is 2.28. The lowest BCUT2D eigenvalue weighted by atomic mass is 9.85. The lowest BCUT2D eigenvalue weighted by Gasteiger charge is -2.44. The number of amides is 1. The first kappa shape index (κ1) is 13.4. The van der Waals surface area contributed by atoms with Crippen LogP contribution in [0.15, 0.2) is 30.3 Å². The summed E-state index contributed by atoms with van der Waals surface area (Å²) in [4.78, 5) is 16.5. The molecule has 20 heavy (non-hydrogen) atoms. The Morgan fingerprint density at radius 2 is 1.80 bits per heavy atom. The quantitative estimate of drug-likeness (QED) is 0.829. The van der Waals surface area contributed by atoms with E-state index < -0.39 is 0 Å². The third kappa shape index (κ3) is 3.12. The van der Waals surface area contributed by atoms with E-state index in [1.165, 1.54) is 6.42 Å². The first-order valence-corrected chi connectivity index (χ1v) is 7.35. The average Bonchev–Trinajstić information content (AvgIpc) is 2.44. The molecule has 2 fully saturated rings. The van der Waals surface area contributed by atoms with Crippen molar-refractivity contribution in [3.63, 3.8) is 0 Å². The Hall–Kier alpha value is -1.55. The van der Waals surface area contributed by atoms with E-state index >= 15 is 0 Å². The molecule has 2 heterocycles.